The molecule has 1 aromatic rings. The summed E-state index contributed by atoms with van der Waals surface area (Å²) in [6.07, 6.45) is 13.0. The molecule has 0 aliphatic heterocycles. The van der Waals surface area contributed by atoms with Crippen LogP contribution >= 0.6 is 0 Å². The van der Waals surface area contributed by atoms with Crippen molar-refractivity contribution in [2.45, 2.75) is 109 Å². The van der Waals surface area contributed by atoms with Gasteiger partial charge >= 0.3 is 0 Å². The van der Waals surface area contributed by atoms with Gasteiger partial charge in [0.2, 0.25) is 0 Å². The average molecular weight is 388 g/mol. The minimum absolute atomic E-state index is 0.385. The summed E-state index contributed by atoms with van der Waals surface area (Å²) in [7, 11) is 0. The molecular weight excluding hydrogens is 346 g/mol. The van der Waals surface area contributed by atoms with Gasteiger partial charge in [-0.15, -0.1) is 0 Å². The van der Waals surface area contributed by atoms with E-state index < -0.39 is 6.10 Å². The van der Waals surface area contributed by atoms with Crippen molar-refractivity contribution >= 4 is 0 Å². The van der Waals surface area contributed by atoms with Gasteiger partial charge in [-0.1, -0.05) is 58.4 Å². The van der Waals surface area contributed by atoms with Crippen LogP contribution in [0.4, 0.5) is 0 Å². The normalized spacial score (nSPS) is 20.6. The molecule has 0 radical (unpaired) electrons. The van der Waals surface area contributed by atoms with Gasteiger partial charge < -0.3 is 9.84 Å². The van der Waals surface area contributed by atoms with Gasteiger partial charge in [-0.25, -0.2) is 0 Å². The van der Waals surface area contributed by atoms with E-state index in [4.69, 9.17) is 4.74 Å². The number of benzene rings is 1. The first-order chi connectivity index (χ1) is 13.5. The monoisotopic (exact) mass is 387 g/mol. The minimum Gasteiger partial charge on any atom is -0.491 e. The summed E-state index contributed by atoms with van der Waals surface area (Å²) in [6.45, 7) is 7.73. The second kappa shape index (κ2) is 10.6. The lowest BCUT2D eigenvalue weighted by Gasteiger charge is -2.42. The predicted molar refractivity (Wildman–Crippen MR) is 117 cm³/mol. The topological polar surface area (TPSA) is 32.7 Å². The fourth-order valence-electron chi connectivity index (χ4n) is 5.30. The van der Waals surface area contributed by atoms with E-state index in [1.165, 1.54) is 75.3 Å². The number of aliphatic hydroxyl groups excluding tert-OH is 1. The van der Waals surface area contributed by atoms with Crippen LogP contribution in [0.5, 0.6) is 5.75 Å². The summed E-state index contributed by atoms with van der Waals surface area (Å²) in [5.74, 6) is 1.40. The van der Waals surface area contributed by atoms with Crippen LogP contribution in [0.15, 0.2) is 18.2 Å². The number of aliphatic hydroxyl groups is 1. The van der Waals surface area contributed by atoms with E-state index in [2.05, 4.69) is 43.9 Å². The molecule has 2 fully saturated rings. The Morgan fingerprint density at radius 1 is 0.964 bits per heavy atom. The molecule has 0 spiro atoms. The van der Waals surface area contributed by atoms with Crippen LogP contribution in [0, 0.1) is 6.92 Å². The summed E-state index contributed by atoms with van der Waals surface area (Å²) in [5, 5.41) is 10.8. The minimum atomic E-state index is -0.422. The molecule has 1 aromatic carbocycles. The van der Waals surface area contributed by atoms with Crippen molar-refractivity contribution in [1.82, 2.24) is 4.90 Å². The van der Waals surface area contributed by atoms with Crippen LogP contribution in [0.2, 0.25) is 0 Å². The highest BCUT2D eigenvalue weighted by atomic mass is 16.5. The van der Waals surface area contributed by atoms with E-state index in [-0.39, 0.29) is 0 Å². The van der Waals surface area contributed by atoms with E-state index in [0.717, 1.165) is 12.3 Å². The molecule has 2 aliphatic rings. The zero-order chi connectivity index (χ0) is 19.9. The lowest BCUT2D eigenvalue weighted by molar-refractivity contribution is 0.0117. The molecule has 0 bridgehead atoms. The summed E-state index contributed by atoms with van der Waals surface area (Å²) in [4.78, 5) is 2.67. The second-order valence-corrected chi connectivity index (χ2v) is 9.42. The number of hydrogen-bond donors (Lipinski definition) is 1. The Labute approximate surface area is 172 Å². The molecule has 0 unspecified atom stereocenters. The molecule has 0 saturated heterocycles. The fraction of sp³-hybridized carbons (Fsp3) is 0.760. The third kappa shape index (κ3) is 5.97. The SMILES string of the molecule is Cc1cc(OC[C@@H](O)CN(C2CCCCC2)C2CCCCC2)ccc1C(C)C. The molecule has 3 rings (SSSR count). The van der Waals surface area contributed by atoms with Crippen LogP contribution < -0.4 is 4.74 Å². The van der Waals surface area contributed by atoms with Gasteiger partial charge in [-0.3, -0.25) is 4.90 Å². The summed E-state index contributed by atoms with van der Waals surface area (Å²) < 4.78 is 5.98. The molecule has 1 N–H and O–H groups in total. The third-order valence-corrected chi connectivity index (χ3v) is 6.81. The van der Waals surface area contributed by atoms with E-state index in [1.807, 2.05) is 0 Å². The maximum atomic E-state index is 10.8. The van der Waals surface area contributed by atoms with Crippen molar-refractivity contribution < 1.29 is 9.84 Å². The molecule has 1 atom stereocenters. The van der Waals surface area contributed by atoms with E-state index >= 15 is 0 Å². The Balaban J connectivity index is 1.56. The zero-order valence-corrected chi connectivity index (χ0v) is 18.3. The van der Waals surface area contributed by atoms with Gasteiger partial charge in [0.05, 0.1) is 0 Å². The molecule has 158 valence electrons. The number of hydrogen-bond acceptors (Lipinski definition) is 3. The predicted octanol–water partition coefficient (Wildman–Crippen LogP) is 5.83. The molecule has 0 aromatic heterocycles. The highest BCUT2D eigenvalue weighted by Gasteiger charge is 2.30. The number of nitrogens with zero attached hydrogens (tertiary/aromatic N) is 1. The molecule has 2 saturated carbocycles. The Morgan fingerprint density at radius 3 is 2.04 bits per heavy atom. The van der Waals surface area contributed by atoms with Crippen molar-refractivity contribution in [2.24, 2.45) is 0 Å². The number of aryl methyl sites for hydroxylation is 1. The molecular formula is C25H41NO2. The summed E-state index contributed by atoms with van der Waals surface area (Å²) in [6, 6.07) is 7.66. The van der Waals surface area contributed by atoms with Gasteiger partial charge in [-0.05, 0) is 61.8 Å². The van der Waals surface area contributed by atoms with E-state index in [9.17, 15) is 5.11 Å². The van der Waals surface area contributed by atoms with Gasteiger partial charge in [0.25, 0.3) is 0 Å². The lowest BCUT2D eigenvalue weighted by atomic mass is 9.88. The third-order valence-electron chi connectivity index (χ3n) is 6.81. The molecule has 0 amide bonds. The highest BCUT2D eigenvalue weighted by Crippen LogP contribution is 2.30. The van der Waals surface area contributed by atoms with Crippen molar-refractivity contribution in [2.75, 3.05) is 13.2 Å². The number of ether oxygens (including phenoxy) is 1. The Kier molecular flexibility index (Phi) is 8.23. The van der Waals surface area contributed by atoms with Crippen LogP contribution in [-0.2, 0) is 0 Å². The first kappa shape index (κ1) is 21.6. The smallest absolute Gasteiger partial charge is 0.119 e. The van der Waals surface area contributed by atoms with Gasteiger partial charge in [0.1, 0.15) is 18.5 Å². The first-order valence-corrected chi connectivity index (χ1v) is 11.7. The van der Waals surface area contributed by atoms with E-state index in [0.29, 0.717) is 24.6 Å². The zero-order valence-electron chi connectivity index (χ0n) is 18.3. The Hall–Kier alpha value is -1.06. The first-order valence-electron chi connectivity index (χ1n) is 11.7. The molecule has 0 heterocycles. The van der Waals surface area contributed by atoms with Gasteiger partial charge in [-0.2, -0.15) is 0 Å². The highest BCUT2D eigenvalue weighted by molar-refractivity contribution is 5.36. The Morgan fingerprint density at radius 2 is 1.54 bits per heavy atom. The van der Waals surface area contributed by atoms with Gasteiger partial charge in [0, 0.05) is 18.6 Å². The standard InChI is InChI=1S/C25H41NO2/c1-19(2)25-15-14-24(16-20(25)3)28-18-23(27)17-26(21-10-6-4-7-11-21)22-12-8-5-9-13-22/h14-16,19,21-23,27H,4-13,17-18H2,1-3H3/t23-/m0/s1. The van der Waals surface area contributed by atoms with Crippen molar-refractivity contribution in [3.63, 3.8) is 0 Å². The largest absolute Gasteiger partial charge is 0.491 e. The second-order valence-electron chi connectivity index (χ2n) is 9.42. The maximum Gasteiger partial charge on any atom is 0.119 e. The van der Waals surface area contributed by atoms with E-state index in [1.54, 1.807) is 0 Å². The molecule has 28 heavy (non-hydrogen) atoms. The van der Waals surface area contributed by atoms with Crippen molar-refractivity contribution in [3.05, 3.63) is 29.3 Å². The van der Waals surface area contributed by atoms with Crippen LogP contribution in [0.3, 0.4) is 0 Å². The molecule has 3 nitrogen and oxygen atoms in total. The quantitative estimate of drug-likeness (QED) is 0.609. The van der Waals surface area contributed by atoms with Crippen LogP contribution in [0.1, 0.15) is 95.1 Å². The van der Waals surface area contributed by atoms with Crippen LogP contribution in [-0.4, -0.2) is 41.3 Å². The number of rotatable bonds is 8. The van der Waals surface area contributed by atoms with Crippen LogP contribution in [0.25, 0.3) is 0 Å². The Bertz CT molecular complexity index is 570. The molecule has 3 heteroatoms. The average Bonchev–Trinajstić information content (AvgIpc) is 2.71. The van der Waals surface area contributed by atoms with Gasteiger partial charge in [0.15, 0.2) is 0 Å². The molecule has 2 aliphatic carbocycles. The lowest BCUT2D eigenvalue weighted by Crippen LogP contribution is -2.49. The van der Waals surface area contributed by atoms with Crippen molar-refractivity contribution in [3.8, 4) is 5.75 Å². The summed E-state index contributed by atoms with van der Waals surface area (Å²) >= 11 is 0. The van der Waals surface area contributed by atoms with Crippen molar-refractivity contribution in [1.29, 1.82) is 0 Å². The maximum absolute atomic E-state index is 10.8. The summed E-state index contributed by atoms with van der Waals surface area (Å²) in [5.41, 5.74) is 2.64. The fourth-order valence-corrected chi connectivity index (χ4v) is 5.30.